The third-order valence-electron chi connectivity index (χ3n) is 8.19. The molecule has 0 unspecified atom stereocenters. The first-order valence-corrected chi connectivity index (χ1v) is 18.3. The lowest BCUT2D eigenvalue weighted by Gasteiger charge is -2.24. The molecule has 5 rings (SSSR count). The van der Waals surface area contributed by atoms with Crippen LogP contribution in [-0.4, -0.2) is 49.3 Å². The zero-order valence-electron chi connectivity index (χ0n) is 26.7. The molecular formula is C37H38N3O6S2+. The van der Waals surface area contributed by atoms with Gasteiger partial charge in [-0.25, -0.2) is 4.58 Å². The van der Waals surface area contributed by atoms with Crippen LogP contribution in [-0.2, 0) is 33.3 Å². The van der Waals surface area contributed by atoms with E-state index in [9.17, 15) is 25.9 Å². The summed E-state index contributed by atoms with van der Waals surface area (Å²) in [7, 11) is -8.49. The van der Waals surface area contributed by atoms with Crippen molar-refractivity contribution in [3.8, 4) is 0 Å². The standard InChI is InChI=1S/C37H37N3O6S2/c1-3-39(25-27-5-21-35(22-6-27)47(41,42)43)33-17-11-30(12-18-33)37(29-9-15-32(38)16-10-29)31-13-19-34(20-14-31)40(4-2)26-28-7-23-36(24-8-28)48(44,45)46/h5-24,38H,3-4,25-26H2,1-2H3,(H2,41,42,43,44,45,46)/p+1. The minimum atomic E-state index is -4.24. The number of hydrogen-bond donors (Lipinski definition) is 3. The predicted octanol–water partition coefficient (Wildman–Crippen LogP) is 6.39. The van der Waals surface area contributed by atoms with Crippen LogP contribution in [0.2, 0.25) is 0 Å². The quantitative estimate of drug-likeness (QED) is 0.0938. The van der Waals surface area contributed by atoms with E-state index in [-0.39, 0.29) is 9.79 Å². The Balaban J connectivity index is 1.43. The molecule has 9 nitrogen and oxygen atoms in total. The molecule has 0 saturated carbocycles. The van der Waals surface area contributed by atoms with Crippen molar-refractivity contribution in [1.29, 1.82) is 0 Å². The van der Waals surface area contributed by atoms with Gasteiger partial charge in [0.2, 0.25) is 0 Å². The second-order valence-corrected chi connectivity index (χ2v) is 14.2. The van der Waals surface area contributed by atoms with Gasteiger partial charge in [-0.2, -0.15) is 16.8 Å². The average Bonchev–Trinajstić information content (AvgIpc) is 3.07. The topological polar surface area (TPSA) is 141 Å². The first kappa shape index (κ1) is 34.5. The monoisotopic (exact) mass is 684 g/mol. The molecule has 0 fully saturated rings. The number of hydrogen-bond acceptors (Lipinski definition) is 6. The van der Waals surface area contributed by atoms with Gasteiger partial charge in [0.1, 0.15) is 6.54 Å². The Hall–Kier alpha value is -4.81. The number of nitrogen functional groups attached to an aromatic ring is 1. The number of anilines is 2. The maximum atomic E-state index is 11.4. The predicted molar refractivity (Wildman–Crippen MR) is 190 cm³/mol. The van der Waals surface area contributed by atoms with Crippen LogP contribution in [0.15, 0.2) is 137 Å². The first-order valence-electron chi connectivity index (χ1n) is 15.4. The highest BCUT2D eigenvalue weighted by Crippen LogP contribution is 2.32. The second kappa shape index (κ2) is 14.5. The summed E-state index contributed by atoms with van der Waals surface area (Å²) in [5, 5.41) is 0. The molecule has 4 aromatic rings. The molecule has 1 aliphatic carbocycles. The smallest absolute Gasteiger partial charge is 0.294 e. The number of nitrogens with two attached hydrogens (primary N) is 1. The number of rotatable bonds is 11. The first-order chi connectivity index (χ1) is 22.9. The minimum absolute atomic E-state index is 0.132. The van der Waals surface area contributed by atoms with Gasteiger partial charge in [0.15, 0.2) is 12.3 Å². The summed E-state index contributed by atoms with van der Waals surface area (Å²) in [6.07, 6.45) is 8.33. The van der Waals surface area contributed by atoms with Crippen molar-refractivity contribution in [3.05, 3.63) is 149 Å². The van der Waals surface area contributed by atoms with Gasteiger partial charge in [-0.15, -0.1) is 0 Å². The molecule has 0 bridgehead atoms. The molecule has 4 N–H and O–H groups in total. The van der Waals surface area contributed by atoms with Crippen LogP contribution >= 0.6 is 0 Å². The molecule has 0 heterocycles. The van der Waals surface area contributed by atoms with Gasteiger partial charge in [-0.1, -0.05) is 48.5 Å². The number of benzene rings is 4. The Kier molecular flexibility index (Phi) is 10.4. The van der Waals surface area contributed by atoms with Crippen molar-refractivity contribution in [2.45, 2.75) is 36.7 Å². The average molecular weight is 685 g/mol. The summed E-state index contributed by atoms with van der Waals surface area (Å²) in [6.45, 7) is 6.71. The third kappa shape index (κ3) is 8.36. The fourth-order valence-corrected chi connectivity index (χ4v) is 6.53. The van der Waals surface area contributed by atoms with Gasteiger partial charge in [-0.05, 0) is 102 Å². The summed E-state index contributed by atoms with van der Waals surface area (Å²) < 4.78 is 66.5. The van der Waals surface area contributed by atoms with Crippen LogP contribution in [0.3, 0.4) is 0 Å². The summed E-state index contributed by atoms with van der Waals surface area (Å²) in [5.41, 5.74) is 14.7. The van der Waals surface area contributed by atoms with Crippen LogP contribution in [0.5, 0.6) is 0 Å². The second-order valence-electron chi connectivity index (χ2n) is 11.4. The molecule has 0 amide bonds. The Morgan fingerprint density at radius 1 is 0.667 bits per heavy atom. The summed E-state index contributed by atoms with van der Waals surface area (Å²) >= 11 is 0. The lowest BCUT2D eigenvalue weighted by molar-refractivity contribution is -0.539. The fraction of sp³-hybridized carbons (Fsp3) is 0.162. The molecule has 48 heavy (non-hydrogen) atoms. The van der Waals surface area contributed by atoms with Crippen molar-refractivity contribution in [2.75, 3.05) is 23.7 Å². The molecule has 0 radical (unpaired) electrons. The molecule has 0 aliphatic heterocycles. The van der Waals surface area contributed by atoms with Crippen LogP contribution in [0.25, 0.3) is 5.57 Å². The lowest BCUT2D eigenvalue weighted by atomic mass is 9.90. The van der Waals surface area contributed by atoms with E-state index in [0.717, 1.165) is 57.9 Å². The molecule has 0 spiro atoms. The molecule has 11 heteroatoms. The van der Waals surface area contributed by atoms with Gasteiger partial charge >= 0.3 is 0 Å². The summed E-state index contributed by atoms with van der Waals surface area (Å²) in [5.74, 6) is 0. The van der Waals surface area contributed by atoms with E-state index in [1.165, 1.54) is 24.3 Å². The number of nitrogens with zero attached hydrogens (tertiary/aromatic N) is 2. The Labute approximate surface area is 282 Å². The van der Waals surface area contributed by atoms with E-state index in [4.69, 9.17) is 5.73 Å². The normalized spacial score (nSPS) is 13.1. The van der Waals surface area contributed by atoms with Crippen LogP contribution in [0.1, 0.15) is 36.1 Å². The van der Waals surface area contributed by atoms with Crippen LogP contribution in [0.4, 0.5) is 11.4 Å². The SMILES string of the molecule is CCN(Cc1ccc(S(=O)(=O)O)cc1)c1ccc(C(=C2C=CC(=[N+](CC)Cc3ccc(S(=O)(=O)O)cc3)C=C2)c2ccc(N)cc2)cc1. The van der Waals surface area contributed by atoms with Gasteiger partial charge < -0.3 is 10.6 Å². The van der Waals surface area contributed by atoms with Crippen molar-refractivity contribution in [1.82, 2.24) is 0 Å². The maximum Gasteiger partial charge on any atom is 0.294 e. The number of allylic oxidation sites excluding steroid dienone is 5. The molecule has 4 aromatic carbocycles. The van der Waals surface area contributed by atoms with E-state index in [0.29, 0.717) is 18.8 Å². The van der Waals surface area contributed by atoms with E-state index in [2.05, 4.69) is 71.9 Å². The maximum absolute atomic E-state index is 11.4. The Morgan fingerprint density at radius 3 is 1.60 bits per heavy atom. The van der Waals surface area contributed by atoms with Gasteiger partial charge in [0, 0.05) is 42.2 Å². The van der Waals surface area contributed by atoms with E-state index in [1.807, 2.05) is 24.3 Å². The van der Waals surface area contributed by atoms with Gasteiger partial charge in [0.05, 0.1) is 9.79 Å². The minimum Gasteiger partial charge on any atom is -0.399 e. The van der Waals surface area contributed by atoms with E-state index < -0.39 is 20.2 Å². The molecule has 248 valence electrons. The highest BCUT2D eigenvalue weighted by atomic mass is 32.2. The van der Waals surface area contributed by atoms with E-state index in [1.54, 1.807) is 24.3 Å². The molecular weight excluding hydrogens is 647 g/mol. The highest BCUT2D eigenvalue weighted by molar-refractivity contribution is 7.86. The van der Waals surface area contributed by atoms with Crippen LogP contribution in [0, 0.1) is 0 Å². The highest BCUT2D eigenvalue weighted by Gasteiger charge is 2.17. The van der Waals surface area contributed by atoms with Crippen molar-refractivity contribution in [3.63, 3.8) is 0 Å². The summed E-state index contributed by atoms with van der Waals surface area (Å²) in [6, 6.07) is 28.6. The zero-order chi connectivity index (χ0) is 34.5. The Morgan fingerprint density at radius 2 is 1.15 bits per heavy atom. The van der Waals surface area contributed by atoms with Crippen LogP contribution < -0.4 is 10.6 Å². The molecule has 0 saturated heterocycles. The van der Waals surface area contributed by atoms with E-state index >= 15 is 0 Å². The van der Waals surface area contributed by atoms with Gasteiger partial charge in [-0.3, -0.25) is 9.11 Å². The van der Waals surface area contributed by atoms with Gasteiger partial charge in [0.25, 0.3) is 20.2 Å². The van der Waals surface area contributed by atoms with Crippen molar-refractivity contribution in [2.24, 2.45) is 0 Å². The molecule has 1 aliphatic rings. The molecule has 0 atom stereocenters. The zero-order valence-corrected chi connectivity index (χ0v) is 28.3. The van der Waals surface area contributed by atoms with Crippen molar-refractivity contribution < 1.29 is 30.5 Å². The lowest BCUT2D eigenvalue weighted by Crippen LogP contribution is -2.22. The fourth-order valence-electron chi connectivity index (χ4n) is 5.57. The Bertz CT molecular complexity index is 2100. The third-order valence-corrected chi connectivity index (χ3v) is 9.93. The molecule has 0 aromatic heterocycles. The summed E-state index contributed by atoms with van der Waals surface area (Å²) in [4.78, 5) is 1.92. The largest absolute Gasteiger partial charge is 0.399 e. The van der Waals surface area contributed by atoms with Crippen molar-refractivity contribution >= 4 is 42.9 Å².